The normalized spacial score (nSPS) is 11.2. The summed E-state index contributed by atoms with van der Waals surface area (Å²) >= 11 is 12.3. The molecule has 2 aromatic rings. The number of esters is 1. The Labute approximate surface area is 168 Å². The molecule has 0 saturated heterocycles. The number of carbonyl (C=O) groups is 1. The van der Waals surface area contributed by atoms with E-state index in [0.717, 1.165) is 15.4 Å². The van der Waals surface area contributed by atoms with Crippen LogP contribution in [0.2, 0.25) is 10.0 Å². The average molecular weight is 432 g/mol. The molecule has 0 aliphatic heterocycles. The van der Waals surface area contributed by atoms with Crippen molar-refractivity contribution in [2.45, 2.75) is 18.7 Å². The number of methoxy groups -OCH3 is 2. The summed E-state index contributed by atoms with van der Waals surface area (Å²) in [5.74, 6) is -0.472. The van der Waals surface area contributed by atoms with Gasteiger partial charge in [-0.1, -0.05) is 29.3 Å². The number of halogens is 2. The third-order valence-corrected chi connectivity index (χ3v) is 6.59. The Bertz CT molecular complexity index is 956. The molecule has 9 heteroatoms. The first kappa shape index (κ1) is 21.3. The second-order valence-corrected chi connectivity index (χ2v) is 8.41. The van der Waals surface area contributed by atoms with Gasteiger partial charge in [-0.2, -0.15) is 0 Å². The SMILES string of the molecule is COC(=O)CN(c1cc(C)cc(C)c1)S(=O)(=O)c1ccc(OC)c(Cl)c1Cl. The van der Waals surface area contributed by atoms with Crippen molar-refractivity contribution in [3.8, 4) is 5.75 Å². The predicted octanol–water partition coefficient (Wildman–Crippen LogP) is 3.99. The molecule has 0 unspecified atom stereocenters. The largest absolute Gasteiger partial charge is 0.495 e. The summed E-state index contributed by atoms with van der Waals surface area (Å²) in [7, 11) is -1.63. The number of carbonyl (C=O) groups excluding carboxylic acids is 1. The molecule has 0 aromatic heterocycles. The van der Waals surface area contributed by atoms with Crippen molar-refractivity contribution in [3.05, 3.63) is 51.5 Å². The third-order valence-electron chi connectivity index (χ3n) is 3.79. The Balaban J connectivity index is 2.67. The number of aryl methyl sites for hydroxylation is 2. The van der Waals surface area contributed by atoms with Crippen molar-refractivity contribution in [1.82, 2.24) is 0 Å². The summed E-state index contributed by atoms with van der Waals surface area (Å²) in [6.07, 6.45) is 0. The zero-order valence-corrected chi connectivity index (χ0v) is 17.6. The van der Waals surface area contributed by atoms with Crippen LogP contribution in [0.5, 0.6) is 5.75 Å². The quantitative estimate of drug-likeness (QED) is 0.646. The minimum absolute atomic E-state index is 0.0290. The Kier molecular flexibility index (Phi) is 6.62. The number of benzene rings is 2. The molecule has 0 aliphatic carbocycles. The molecule has 0 aliphatic rings. The van der Waals surface area contributed by atoms with E-state index in [-0.39, 0.29) is 20.7 Å². The van der Waals surface area contributed by atoms with Gasteiger partial charge >= 0.3 is 5.97 Å². The van der Waals surface area contributed by atoms with E-state index in [4.69, 9.17) is 27.9 Å². The highest BCUT2D eigenvalue weighted by Gasteiger charge is 2.31. The van der Waals surface area contributed by atoms with Crippen LogP contribution in [-0.4, -0.2) is 35.2 Å². The number of ether oxygens (including phenoxy) is 2. The zero-order chi connectivity index (χ0) is 20.4. The van der Waals surface area contributed by atoms with Gasteiger partial charge in [-0.05, 0) is 49.2 Å². The molecule has 0 heterocycles. The smallest absolute Gasteiger partial charge is 0.326 e. The number of anilines is 1. The number of sulfonamides is 1. The van der Waals surface area contributed by atoms with E-state index in [1.54, 1.807) is 12.1 Å². The van der Waals surface area contributed by atoms with E-state index in [0.29, 0.717) is 5.69 Å². The fourth-order valence-electron chi connectivity index (χ4n) is 2.58. The van der Waals surface area contributed by atoms with Gasteiger partial charge in [0, 0.05) is 0 Å². The summed E-state index contributed by atoms with van der Waals surface area (Å²) in [6.45, 7) is 3.15. The van der Waals surface area contributed by atoms with E-state index >= 15 is 0 Å². The van der Waals surface area contributed by atoms with Crippen molar-refractivity contribution >= 4 is 44.9 Å². The van der Waals surface area contributed by atoms with Gasteiger partial charge in [0.1, 0.15) is 22.2 Å². The van der Waals surface area contributed by atoms with Crippen LogP contribution in [0.25, 0.3) is 0 Å². The van der Waals surface area contributed by atoms with Gasteiger partial charge in [0.2, 0.25) is 0 Å². The fraction of sp³-hybridized carbons (Fsp3) is 0.278. The fourth-order valence-corrected chi connectivity index (χ4v) is 4.79. The lowest BCUT2D eigenvalue weighted by molar-refractivity contribution is -0.138. The van der Waals surface area contributed by atoms with Crippen LogP contribution in [0.3, 0.4) is 0 Å². The minimum atomic E-state index is -4.21. The van der Waals surface area contributed by atoms with Gasteiger partial charge < -0.3 is 9.47 Å². The second-order valence-electron chi connectivity index (χ2n) is 5.83. The molecule has 0 N–H and O–H groups in total. The van der Waals surface area contributed by atoms with Gasteiger partial charge in [-0.3, -0.25) is 9.10 Å². The highest BCUT2D eigenvalue weighted by Crippen LogP contribution is 2.38. The molecular weight excluding hydrogens is 413 g/mol. The zero-order valence-electron chi connectivity index (χ0n) is 15.2. The number of hydrogen-bond acceptors (Lipinski definition) is 5. The van der Waals surface area contributed by atoms with E-state index in [9.17, 15) is 13.2 Å². The summed E-state index contributed by atoms with van der Waals surface area (Å²) in [6, 6.07) is 7.90. The average Bonchev–Trinajstić information content (AvgIpc) is 2.60. The molecule has 0 radical (unpaired) electrons. The van der Waals surface area contributed by atoms with E-state index in [1.165, 1.54) is 26.4 Å². The van der Waals surface area contributed by atoms with Gasteiger partial charge in [0.05, 0.1) is 24.9 Å². The molecule has 146 valence electrons. The second kappa shape index (κ2) is 8.37. The standard InChI is InChI=1S/C18H19Cl2NO5S/c1-11-7-12(2)9-13(8-11)21(10-16(22)26-4)27(23,24)15-6-5-14(25-3)17(19)18(15)20/h5-9H,10H2,1-4H3. The molecule has 6 nitrogen and oxygen atoms in total. The van der Waals surface area contributed by atoms with Crippen LogP contribution in [0, 0.1) is 13.8 Å². The van der Waals surface area contributed by atoms with Crippen LogP contribution in [-0.2, 0) is 19.6 Å². The van der Waals surface area contributed by atoms with E-state index in [2.05, 4.69) is 4.74 Å². The van der Waals surface area contributed by atoms with Crippen LogP contribution >= 0.6 is 23.2 Å². The lowest BCUT2D eigenvalue weighted by atomic mass is 10.1. The lowest BCUT2D eigenvalue weighted by Gasteiger charge is -2.25. The van der Waals surface area contributed by atoms with Crippen molar-refractivity contribution in [2.24, 2.45) is 0 Å². The molecule has 27 heavy (non-hydrogen) atoms. The summed E-state index contributed by atoms with van der Waals surface area (Å²) in [5.41, 5.74) is 2.00. The van der Waals surface area contributed by atoms with Crippen molar-refractivity contribution in [3.63, 3.8) is 0 Å². The number of hydrogen-bond donors (Lipinski definition) is 0. The maximum atomic E-state index is 13.3. The van der Waals surface area contributed by atoms with Gasteiger partial charge in [0.15, 0.2) is 0 Å². The number of rotatable bonds is 6. The Morgan fingerprint density at radius 3 is 2.15 bits per heavy atom. The first-order valence-corrected chi connectivity index (χ1v) is 10.0. The molecule has 0 atom stereocenters. The van der Waals surface area contributed by atoms with E-state index < -0.39 is 22.5 Å². The molecule has 0 saturated carbocycles. The van der Waals surface area contributed by atoms with E-state index in [1.807, 2.05) is 19.9 Å². The van der Waals surface area contributed by atoms with Gasteiger partial charge in [-0.15, -0.1) is 0 Å². The van der Waals surface area contributed by atoms with Crippen molar-refractivity contribution < 1.29 is 22.7 Å². The molecule has 0 amide bonds. The topological polar surface area (TPSA) is 72.9 Å². The summed E-state index contributed by atoms with van der Waals surface area (Å²) in [5, 5.41) is -0.214. The Morgan fingerprint density at radius 2 is 1.63 bits per heavy atom. The monoisotopic (exact) mass is 431 g/mol. The maximum absolute atomic E-state index is 13.3. The number of nitrogens with zero attached hydrogens (tertiary/aromatic N) is 1. The summed E-state index contributed by atoms with van der Waals surface area (Å²) in [4.78, 5) is 11.7. The predicted molar refractivity (Wildman–Crippen MR) is 105 cm³/mol. The van der Waals surface area contributed by atoms with Crippen LogP contribution in [0.1, 0.15) is 11.1 Å². The molecule has 2 aromatic carbocycles. The maximum Gasteiger partial charge on any atom is 0.326 e. The lowest BCUT2D eigenvalue weighted by Crippen LogP contribution is -2.36. The van der Waals surface area contributed by atoms with Gasteiger partial charge in [0.25, 0.3) is 10.0 Å². The van der Waals surface area contributed by atoms with Gasteiger partial charge in [-0.25, -0.2) is 8.42 Å². The molecule has 0 fully saturated rings. The highest BCUT2D eigenvalue weighted by molar-refractivity contribution is 7.93. The molecule has 2 rings (SSSR count). The molecule has 0 spiro atoms. The molecular formula is C18H19Cl2NO5S. The minimum Gasteiger partial charge on any atom is -0.495 e. The third kappa shape index (κ3) is 4.48. The first-order valence-electron chi connectivity index (χ1n) is 7.81. The van der Waals surface area contributed by atoms with Crippen molar-refractivity contribution in [1.29, 1.82) is 0 Å². The van der Waals surface area contributed by atoms with Crippen LogP contribution < -0.4 is 9.04 Å². The Hall–Kier alpha value is -1.96. The molecule has 0 bridgehead atoms. The van der Waals surface area contributed by atoms with Crippen molar-refractivity contribution in [2.75, 3.05) is 25.1 Å². The van der Waals surface area contributed by atoms with Crippen LogP contribution in [0.4, 0.5) is 5.69 Å². The summed E-state index contributed by atoms with van der Waals surface area (Å²) < 4.78 is 37.3. The highest BCUT2D eigenvalue weighted by atomic mass is 35.5. The van der Waals surface area contributed by atoms with Crippen LogP contribution in [0.15, 0.2) is 35.2 Å². The first-order chi connectivity index (χ1) is 12.6. The Morgan fingerprint density at radius 1 is 1.04 bits per heavy atom.